The molecule has 0 heterocycles. The Labute approximate surface area is 111 Å². The van der Waals surface area contributed by atoms with Crippen LogP contribution in [-0.2, 0) is 6.54 Å². The van der Waals surface area contributed by atoms with Gasteiger partial charge in [0.1, 0.15) is 11.7 Å². The predicted molar refractivity (Wildman–Crippen MR) is 70.4 cm³/mol. The molecule has 0 unspecified atom stereocenters. The van der Waals surface area contributed by atoms with Crippen molar-refractivity contribution < 1.29 is 9.60 Å². The predicted octanol–water partition coefficient (Wildman–Crippen LogP) is 2.44. The minimum atomic E-state index is -0.415. The van der Waals surface area contributed by atoms with Gasteiger partial charge in [0, 0.05) is 19.5 Å². The molecule has 0 aliphatic carbocycles. The molecular formula is C12H17ClFN3O. The van der Waals surface area contributed by atoms with Crippen molar-refractivity contribution in [2.45, 2.75) is 19.9 Å². The summed E-state index contributed by atoms with van der Waals surface area (Å²) >= 11 is 5.89. The molecule has 0 aliphatic rings. The zero-order chi connectivity index (χ0) is 13.5. The van der Waals surface area contributed by atoms with Gasteiger partial charge in [-0.3, -0.25) is 4.90 Å². The molecule has 4 nitrogen and oxygen atoms in total. The van der Waals surface area contributed by atoms with Crippen molar-refractivity contribution >= 4 is 17.4 Å². The Morgan fingerprint density at radius 2 is 2.28 bits per heavy atom. The first kappa shape index (κ1) is 14.7. The van der Waals surface area contributed by atoms with E-state index >= 15 is 0 Å². The second-order valence-electron chi connectivity index (χ2n) is 3.92. The minimum absolute atomic E-state index is 0.153. The van der Waals surface area contributed by atoms with Gasteiger partial charge in [0.15, 0.2) is 0 Å². The number of rotatable bonds is 6. The van der Waals surface area contributed by atoms with E-state index in [1.165, 1.54) is 6.07 Å². The Morgan fingerprint density at radius 3 is 2.89 bits per heavy atom. The maximum atomic E-state index is 13.3. The lowest BCUT2D eigenvalue weighted by atomic mass is 10.2. The molecule has 1 aromatic rings. The van der Waals surface area contributed by atoms with E-state index in [4.69, 9.17) is 22.5 Å². The van der Waals surface area contributed by atoms with E-state index in [0.29, 0.717) is 19.5 Å². The molecule has 18 heavy (non-hydrogen) atoms. The first-order valence-electron chi connectivity index (χ1n) is 5.70. The summed E-state index contributed by atoms with van der Waals surface area (Å²) in [5.41, 5.74) is 6.14. The number of halogens is 2. The smallest absolute Gasteiger partial charge is 0.142 e. The highest BCUT2D eigenvalue weighted by Gasteiger charge is 2.10. The molecule has 0 atom stereocenters. The van der Waals surface area contributed by atoms with Crippen LogP contribution in [0.25, 0.3) is 0 Å². The number of nitrogens with zero attached hydrogens (tertiary/aromatic N) is 2. The molecule has 1 rings (SSSR count). The average molecular weight is 274 g/mol. The zero-order valence-corrected chi connectivity index (χ0v) is 11.0. The molecule has 0 aromatic heterocycles. The average Bonchev–Trinajstić information content (AvgIpc) is 2.38. The first-order valence-corrected chi connectivity index (χ1v) is 6.08. The van der Waals surface area contributed by atoms with Gasteiger partial charge >= 0.3 is 0 Å². The number of hydrogen-bond acceptors (Lipinski definition) is 3. The Kier molecular flexibility index (Phi) is 5.88. The highest BCUT2D eigenvalue weighted by molar-refractivity contribution is 6.31. The van der Waals surface area contributed by atoms with Crippen molar-refractivity contribution in [3.8, 4) is 0 Å². The van der Waals surface area contributed by atoms with Crippen LogP contribution in [0.15, 0.2) is 23.4 Å². The van der Waals surface area contributed by atoms with E-state index in [9.17, 15) is 4.39 Å². The van der Waals surface area contributed by atoms with Gasteiger partial charge in [-0.25, -0.2) is 4.39 Å². The molecule has 0 spiro atoms. The molecule has 0 amide bonds. The summed E-state index contributed by atoms with van der Waals surface area (Å²) in [6.07, 6.45) is 0.456. The molecule has 0 radical (unpaired) electrons. The van der Waals surface area contributed by atoms with Crippen LogP contribution >= 0.6 is 11.6 Å². The second kappa shape index (κ2) is 7.18. The van der Waals surface area contributed by atoms with Crippen molar-refractivity contribution in [1.29, 1.82) is 0 Å². The van der Waals surface area contributed by atoms with Crippen molar-refractivity contribution in [3.05, 3.63) is 34.6 Å². The standard InChI is InChI=1S/C12H17ClFN3O/c1-2-17(7-6-11(15)16-18)8-9-4-3-5-10(14)12(9)13/h3-5,18H,2,6-8H2,1H3,(H2,15,16). The van der Waals surface area contributed by atoms with Crippen LogP contribution in [0.1, 0.15) is 18.9 Å². The molecule has 0 bridgehead atoms. The van der Waals surface area contributed by atoms with E-state index in [0.717, 1.165) is 12.1 Å². The normalized spacial score (nSPS) is 12.1. The van der Waals surface area contributed by atoms with Crippen molar-refractivity contribution in [2.24, 2.45) is 10.9 Å². The van der Waals surface area contributed by atoms with E-state index in [-0.39, 0.29) is 10.9 Å². The van der Waals surface area contributed by atoms with Crippen molar-refractivity contribution in [3.63, 3.8) is 0 Å². The fourth-order valence-electron chi connectivity index (χ4n) is 1.58. The maximum Gasteiger partial charge on any atom is 0.142 e. The molecule has 0 fully saturated rings. The summed E-state index contributed by atoms with van der Waals surface area (Å²) in [5.74, 6) is -0.236. The van der Waals surface area contributed by atoms with Gasteiger partial charge in [-0.1, -0.05) is 35.8 Å². The molecule has 0 saturated carbocycles. The Balaban J connectivity index is 2.65. The lowest BCUT2D eigenvalue weighted by molar-refractivity contribution is 0.283. The Morgan fingerprint density at radius 1 is 1.56 bits per heavy atom. The SMILES string of the molecule is CCN(CC/C(N)=N/O)Cc1cccc(F)c1Cl. The van der Waals surface area contributed by atoms with Crippen LogP contribution in [-0.4, -0.2) is 29.0 Å². The van der Waals surface area contributed by atoms with Gasteiger partial charge in [-0.2, -0.15) is 0 Å². The van der Waals surface area contributed by atoms with Gasteiger partial charge in [-0.15, -0.1) is 0 Å². The molecule has 1 aromatic carbocycles. The monoisotopic (exact) mass is 273 g/mol. The molecule has 0 aliphatic heterocycles. The number of oxime groups is 1. The molecule has 100 valence electrons. The van der Waals surface area contributed by atoms with Crippen LogP contribution in [0.3, 0.4) is 0 Å². The Bertz CT molecular complexity index is 426. The second-order valence-corrected chi connectivity index (χ2v) is 4.30. The van der Waals surface area contributed by atoms with Crippen LogP contribution < -0.4 is 5.73 Å². The van der Waals surface area contributed by atoms with Gasteiger partial charge in [0.25, 0.3) is 0 Å². The highest BCUT2D eigenvalue weighted by Crippen LogP contribution is 2.21. The quantitative estimate of drug-likeness (QED) is 0.362. The molecular weight excluding hydrogens is 257 g/mol. The third-order valence-electron chi connectivity index (χ3n) is 2.69. The maximum absolute atomic E-state index is 13.3. The lowest BCUT2D eigenvalue weighted by Gasteiger charge is -2.20. The first-order chi connectivity index (χ1) is 8.58. The minimum Gasteiger partial charge on any atom is -0.409 e. The third-order valence-corrected chi connectivity index (χ3v) is 3.11. The van der Waals surface area contributed by atoms with Gasteiger partial charge in [-0.05, 0) is 18.2 Å². The summed E-state index contributed by atoms with van der Waals surface area (Å²) in [5, 5.41) is 11.5. The van der Waals surface area contributed by atoms with Gasteiger partial charge < -0.3 is 10.9 Å². The fraction of sp³-hybridized carbons (Fsp3) is 0.417. The lowest BCUT2D eigenvalue weighted by Crippen LogP contribution is -2.28. The van der Waals surface area contributed by atoms with E-state index in [1.807, 2.05) is 11.8 Å². The third kappa shape index (κ3) is 4.16. The van der Waals surface area contributed by atoms with Gasteiger partial charge in [0.05, 0.1) is 5.02 Å². The summed E-state index contributed by atoms with van der Waals surface area (Å²) in [6.45, 7) is 3.91. The number of hydrogen-bond donors (Lipinski definition) is 2. The molecule has 0 saturated heterocycles. The Hall–Kier alpha value is -1.33. The van der Waals surface area contributed by atoms with Crippen LogP contribution in [0.4, 0.5) is 4.39 Å². The van der Waals surface area contributed by atoms with E-state index in [2.05, 4.69) is 5.16 Å². The van der Waals surface area contributed by atoms with E-state index in [1.54, 1.807) is 12.1 Å². The summed E-state index contributed by atoms with van der Waals surface area (Å²) < 4.78 is 13.3. The van der Waals surface area contributed by atoms with Crippen molar-refractivity contribution in [1.82, 2.24) is 4.90 Å². The number of benzene rings is 1. The topological polar surface area (TPSA) is 61.8 Å². The van der Waals surface area contributed by atoms with Crippen LogP contribution in [0.2, 0.25) is 5.02 Å². The largest absolute Gasteiger partial charge is 0.409 e. The number of nitrogens with two attached hydrogens (primary N) is 1. The van der Waals surface area contributed by atoms with Crippen LogP contribution in [0.5, 0.6) is 0 Å². The molecule has 3 N–H and O–H groups in total. The summed E-state index contributed by atoms with van der Waals surface area (Å²) in [7, 11) is 0. The fourth-order valence-corrected chi connectivity index (χ4v) is 1.77. The van der Waals surface area contributed by atoms with Gasteiger partial charge in [0.2, 0.25) is 0 Å². The van der Waals surface area contributed by atoms with Crippen molar-refractivity contribution in [2.75, 3.05) is 13.1 Å². The van der Waals surface area contributed by atoms with Crippen LogP contribution in [0, 0.1) is 5.82 Å². The zero-order valence-electron chi connectivity index (χ0n) is 10.2. The summed E-state index contributed by atoms with van der Waals surface area (Å²) in [4.78, 5) is 2.04. The highest BCUT2D eigenvalue weighted by atomic mass is 35.5. The number of amidine groups is 1. The molecule has 6 heteroatoms. The summed E-state index contributed by atoms with van der Waals surface area (Å²) in [6, 6.07) is 4.75. The van der Waals surface area contributed by atoms with E-state index < -0.39 is 5.82 Å².